The summed E-state index contributed by atoms with van der Waals surface area (Å²) in [4.78, 5) is 80.4. The van der Waals surface area contributed by atoms with Crippen LogP contribution in [0.2, 0.25) is 0 Å². The molecule has 14 aromatic carbocycles. The largest absolute Gasteiger partial charge is 0.508 e. The topological polar surface area (TPSA) is 201 Å². The number of hydrogen-bond acceptors (Lipinski definition) is 14. The summed E-state index contributed by atoms with van der Waals surface area (Å²) in [6.45, 7) is 4.06. The monoisotopic (exact) mass is 1730 g/mol. The number of carbonyl (C=O) groups excluding carboxylic acids is 7. The Morgan fingerprint density at radius 2 is 0.483 bits per heavy atom. The maximum Gasteiger partial charge on any atom is 0.131 e. The molecule has 16 heteroatoms. The Labute approximate surface area is 718 Å². The highest BCUT2D eigenvalue weighted by molar-refractivity contribution is 9.10. The number of aryl methyl sites for hydroxylation is 2. The fourth-order valence-electron chi connectivity index (χ4n) is 12.6. The molecule has 118 heavy (non-hydrogen) atoms. The van der Waals surface area contributed by atoms with E-state index in [9.17, 15) is 48.9 Å². The molecule has 0 aliphatic rings. The number of phenolic OH excluding ortho intramolecular Hbond substituents is 3. The zero-order valence-corrected chi connectivity index (χ0v) is 70.4. The van der Waals surface area contributed by atoms with Crippen molar-refractivity contribution in [3.8, 4) is 23.0 Å². The molecule has 7 atom stereocenters. The maximum absolute atomic E-state index is 11.4. The minimum atomic E-state index is -0.323. The van der Waals surface area contributed by atoms with Gasteiger partial charge >= 0.3 is 0 Å². The van der Waals surface area contributed by atoms with Gasteiger partial charge in [0.15, 0.2) is 0 Å². The molecule has 0 aliphatic heterocycles. The summed E-state index contributed by atoms with van der Waals surface area (Å²) < 4.78 is 7.10. The van der Waals surface area contributed by atoms with Gasteiger partial charge in [-0.3, -0.25) is 0 Å². The van der Waals surface area contributed by atoms with Gasteiger partial charge in [-0.25, -0.2) is 0 Å². The van der Waals surface area contributed by atoms with Gasteiger partial charge in [0.2, 0.25) is 0 Å². The van der Waals surface area contributed by atoms with E-state index in [0.717, 1.165) is 152 Å². The molecule has 0 aliphatic carbocycles. The van der Waals surface area contributed by atoms with E-state index < -0.39 is 0 Å². The zero-order valence-electron chi connectivity index (χ0n) is 65.4. The number of anilines is 1. The number of rotatable bonds is 23. The second-order valence-corrected chi connectivity index (χ2v) is 29.8. The van der Waals surface area contributed by atoms with E-state index in [4.69, 9.17) is 4.74 Å². The van der Waals surface area contributed by atoms with Crippen molar-refractivity contribution < 1.29 is 53.6 Å². The Balaban J connectivity index is 0.000000172. The number of aldehydes is 7. The van der Waals surface area contributed by atoms with Gasteiger partial charge in [0.05, 0.1) is 48.5 Å². The summed E-state index contributed by atoms with van der Waals surface area (Å²) in [7, 11) is 3.47. The average Bonchev–Trinajstić information content (AvgIpc) is 0.810. The Hall–Kier alpha value is -12.6. The number of thiol groups is 2. The highest BCUT2D eigenvalue weighted by Gasteiger charge is 2.21. The highest BCUT2D eigenvalue weighted by Crippen LogP contribution is 2.34. The zero-order chi connectivity index (χ0) is 84.6. The number of methoxy groups -OCH3 is 1. The van der Waals surface area contributed by atoms with Crippen LogP contribution in [0.15, 0.2) is 377 Å². The second-order valence-electron chi connectivity index (χ2n) is 27.0. The van der Waals surface area contributed by atoms with Crippen molar-refractivity contribution in [2.75, 3.05) is 19.5 Å². The Kier molecular flexibility index (Phi) is 37.6. The highest BCUT2D eigenvalue weighted by atomic mass is 79.9. The predicted octanol–water partition coefficient (Wildman–Crippen LogP) is 23.0. The Morgan fingerprint density at radius 3 is 0.754 bits per heavy atom. The Bertz CT molecular complexity index is 5240. The van der Waals surface area contributed by atoms with Crippen LogP contribution in [0.5, 0.6) is 23.0 Å². The molecule has 12 nitrogen and oxygen atoms in total. The molecule has 0 fully saturated rings. The molecule has 596 valence electrons. The lowest BCUT2D eigenvalue weighted by Crippen LogP contribution is -2.05. The first kappa shape index (κ1) is 91.0. The predicted molar refractivity (Wildman–Crippen MR) is 486 cm³/mol. The third-order valence-electron chi connectivity index (χ3n) is 19.1. The number of hydrogen-bond donors (Lipinski definition) is 6. The number of benzene rings is 14. The maximum atomic E-state index is 11.4. The van der Waals surface area contributed by atoms with Crippen LogP contribution in [0.3, 0.4) is 0 Å². The quantitative estimate of drug-likeness (QED) is 0.0262. The number of carbonyl (C=O) groups is 7. The van der Waals surface area contributed by atoms with Crippen LogP contribution in [0.4, 0.5) is 5.69 Å². The summed E-state index contributed by atoms with van der Waals surface area (Å²) in [5.74, 6) is -0.347. The van der Waals surface area contributed by atoms with Crippen LogP contribution in [0.1, 0.15) is 130 Å². The van der Waals surface area contributed by atoms with E-state index in [-0.39, 0.29) is 58.7 Å². The van der Waals surface area contributed by atoms with Crippen LogP contribution in [-0.2, 0) is 33.6 Å². The van der Waals surface area contributed by atoms with Crippen molar-refractivity contribution in [2.45, 2.75) is 65.1 Å². The van der Waals surface area contributed by atoms with Crippen LogP contribution in [0, 0.1) is 13.8 Å². The van der Waals surface area contributed by atoms with E-state index in [1.807, 2.05) is 306 Å². The minimum absolute atomic E-state index is 0.151. The van der Waals surface area contributed by atoms with Crippen molar-refractivity contribution in [3.63, 3.8) is 0 Å². The summed E-state index contributed by atoms with van der Waals surface area (Å²) in [5.41, 5.74) is 16.8. The summed E-state index contributed by atoms with van der Waals surface area (Å²) >= 11 is 15.6. The first-order valence-electron chi connectivity index (χ1n) is 37.7. The molecule has 0 aromatic heterocycles. The normalized spacial score (nSPS) is 12.0. The van der Waals surface area contributed by atoms with Gasteiger partial charge in [-0.1, -0.05) is 310 Å². The number of nitrogens with one attached hydrogen (secondary N) is 1. The Morgan fingerprint density at radius 1 is 0.271 bits per heavy atom. The second kappa shape index (κ2) is 48.7. The van der Waals surface area contributed by atoms with E-state index in [1.54, 1.807) is 79.9 Å². The first-order valence-corrected chi connectivity index (χ1v) is 40.1. The van der Waals surface area contributed by atoms with Crippen LogP contribution < -0.4 is 10.1 Å². The summed E-state index contributed by atoms with van der Waals surface area (Å²) in [6, 6.07) is 111. The van der Waals surface area contributed by atoms with Gasteiger partial charge in [-0.15, -0.1) is 25.3 Å². The number of ether oxygens (including phenoxy) is 1. The molecule has 0 amide bonds. The van der Waals surface area contributed by atoms with Crippen LogP contribution in [-0.4, -0.2) is 73.5 Å². The van der Waals surface area contributed by atoms with Crippen molar-refractivity contribution in [1.29, 1.82) is 0 Å². The molecular formula is C102H91Br2NO11S2. The first-order chi connectivity index (χ1) is 57.4. The fraction of sp³-hybridized carbons (Fsp3) is 0.108. The van der Waals surface area contributed by atoms with E-state index >= 15 is 0 Å². The van der Waals surface area contributed by atoms with E-state index in [1.165, 1.54) is 11.1 Å². The molecule has 14 rings (SSSR count). The molecule has 0 saturated heterocycles. The van der Waals surface area contributed by atoms with Gasteiger partial charge in [0.25, 0.3) is 0 Å². The molecule has 7 unspecified atom stereocenters. The van der Waals surface area contributed by atoms with Crippen LogP contribution >= 0.6 is 57.1 Å². The molecule has 14 aromatic rings. The number of para-hydroxylation sites is 1. The third kappa shape index (κ3) is 27.6. The van der Waals surface area contributed by atoms with Gasteiger partial charge in [0, 0.05) is 31.5 Å². The van der Waals surface area contributed by atoms with E-state index in [2.05, 4.69) is 62.4 Å². The molecule has 0 bridgehead atoms. The van der Waals surface area contributed by atoms with Crippen LogP contribution in [0.25, 0.3) is 0 Å². The van der Waals surface area contributed by atoms with E-state index in [0.29, 0.717) is 0 Å². The van der Waals surface area contributed by atoms with Crippen molar-refractivity contribution in [1.82, 2.24) is 0 Å². The van der Waals surface area contributed by atoms with Crippen molar-refractivity contribution >= 4 is 107 Å². The molecule has 0 saturated carbocycles. The molecule has 0 heterocycles. The van der Waals surface area contributed by atoms with Crippen molar-refractivity contribution in [3.05, 3.63) is 456 Å². The summed E-state index contributed by atoms with van der Waals surface area (Å²) in [6.07, 6.45) is 6.65. The lowest BCUT2D eigenvalue weighted by molar-refractivity contribution is -0.109. The SMILES string of the molecule is CNc1ccccc1C(C=O)c1ccc(Br)cc1.COc1ccc(C(C=O)c2ccc(O)cc2)cc1.Cc1ccc(C(C=O)c2ccc(O)cc2)cc1.Cc1ccc(C(C=O)c2ccccc2)cc1.O=CC(c1ccc(Br)cc1)c1ccccc1S.O=CC(c1ccccc1)c1ccc(O)cc1.O=CC(c1ccccc1)c1ccccc1S. The lowest BCUT2D eigenvalue weighted by atomic mass is 9.91. The molecule has 4 N–H and O–H groups in total. The number of phenols is 3. The van der Waals surface area contributed by atoms with Gasteiger partial charge in [-0.05, 0) is 183 Å². The number of aromatic hydroxyl groups is 3. The van der Waals surface area contributed by atoms with Gasteiger partial charge in [0.1, 0.15) is 67.0 Å². The third-order valence-corrected chi connectivity index (χ3v) is 21.0. The molecule has 0 radical (unpaired) electrons. The standard InChI is InChI=1S/C15H14BrNO.C15H14O3.C15H14O2.C15H14O.C14H11BrOS.C14H12O2.C14H12OS/c1-17-15-5-3-2-4-13(15)14(10-18)11-6-8-12(16)9-7-11;1-18-14-8-4-12(5-9-14)15(10-16)11-2-6-13(17)7-3-11;1-11-2-4-12(5-3-11)15(10-16)13-6-8-14(17)9-7-13;1-12-7-9-14(10-8-12)15(11-16)13-5-3-2-4-6-13;15-11-7-5-10(6-8-11)13(9-16)12-3-1-2-4-14(12)17;15-10-14(11-4-2-1-3-5-11)12-6-8-13(16)9-7-12;15-10-13(11-6-2-1-3-7-11)12-8-4-5-9-14(12)16/h2-10,14,17H,1H3;2-10,15,17H,1H3;2-10,15,17H,1H3;2-11,15H,1H3;1-9,13,17H;1-10,14,16H;1-10,13,16H. The van der Waals surface area contributed by atoms with Crippen molar-refractivity contribution in [2.24, 2.45) is 0 Å². The average molecular weight is 1730 g/mol. The summed E-state index contributed by atoms with van der Waals surface area (Å²) in [5, 5.41) is 30.8. The van der Waals surface area contributed by atoms with Gasteiger partial charge in [-0.2, -0.15) is 0 Å². The smallest absolute Gasteiger partial charge is 0.131 e. The molecule has 0 spiro atoms. The van der Waals surface area contributed by atoms with Gasteiger partial charge < -0.3 is 58.9 Å². The number of halogens is 2. The minimum Gasteiger partial charge on any atom is -0.508 e. The fourth-order valence-corrected chi connectivity index (χ4v) is 13.7. The molecular weight excluding hydrogens is 1640 g/mol. The lowest BCUT2D eigenvalue weighted by Gasteiger charge is -2.15.